The number of rotatable bonds is 2. The van der Waals surface area contributed by atoms with Crippen molar-refractivity contribution in [1.29, 1.82) is 0 Å². The predicted molar refractivity (Wildman–Crippen MR) is 85.4 cm³/mol. The molecule has 3 rings (SSSR count). The normalized spacial score (nSPS) is 16.7. The lowest BCUT2D eigenvalue weighted by Crippen LogP contribution is -2.46. The maximum Gasteiger partial charge on any atom is 0.275 e. The van der Waals surface area contributed by atoms with Crippen LogP contribution in [0.2, 0.25) is 10.2 Å². The summed E-state index contributed by atoms with van der Waals surface area (Å²) in [5, 5.41) is 0.559. The Hall–Kier alpha value is -1.98. The molecule has 1 aromatic heterocycles. The summed E-state index contributed by atoms with van der Waals surface area (Å²) in [6.07, 6.45) is 0.406. The average Bonchev–Trinajstić information content (AvgIpc) is 3.00. The number of hydrogen-bond donors (Lipinski definition) is 1. The van der Waals surface area contributed by atoms with E-state index in [2.05, 4.69) is 0 Å². The third-order valence-corrected chi connectivity index (χ3v) is 4.70. The molecular formula is C15H13Cl2N3O2. The van der Waals surface area contributed by atoms with Crippen molar-refractivity contribution in [2.75, 3.05) is 4.90 Å². The Bertz CT molecular complexity index is 785. The summed E-state index contributed by atoms with van der Waals surface area (Å²) >= 11 is 12.0. The van der Waals surface area contributed by atoms with Crippen LogP contribution >= 0.6 is 23.2 Å². The van der Waals surface area contributed by atoms with Crippen LogP contribution in [0.15, 0.2) is 30.3 Å². The molecule has 1 aliphatic rings. The number of aromatic nitrogens is 1. The topological polar surface area (TPSA) is 68.3 Å². The number of halogens is 2. The molecule has 0 fully saturated rings. The number of benzene rings is 1. The van der Waals surface area contributed by atoms with Crippen molar-refractivity contribution in [3.8, 4) is 0 Å². The maximum atomic E-state index is 12.9. The van der Waals surface area contributed by atoms with Crippen LogP contribution in [0.1, 0.15) is 16.1 Å². The zero-order chi connectivity index (χ0) is 16.0. The van der Waals surface area contributed by atoms with Crippen LogP contribution in [0.3, 0.4) is 0 Å². The summed E-state index contributed by atoms with van der Waals surface area (Å²) in [4.78, 5) is 26.1. The molecule has 7 heteroatoms. The van der Waals surface area contributed by atoms with E-state index >= 15 is 0 Å². The molecule has 0 saturated heterocycles. The number of nitrogens with zero attached hydrogens (tertiary/aromatic N) is 2. The molecule has 1 aliphatic heterocycles. The minimum absolute atomic E-state index is 0.271. The number of para-hydroxylation sites is 1. The van der Waals surface area contributed by atoms with Gasteiger partial charge >= 0.3 is 0 Å². The molecule has 114 valence electrons. The van der Waals surface area contributed by atoms with E-state index in [1.165, 1.54) is 15.5 Å². The average molecular weight is 338 g/mol. The third kappa shape index (κ3) is 2.17. The van der Waals surface area contributed by atoms with Gasteiger partial charge in [-0.3, -0.25) is 14.5 Å². The van der Waals surface area contributed by atoms with E-state index in [1.54, 1.807) is 13.1 Å². The van der Waals surface area contributed by atoms with E-state index in [0.29, 0.717) is 17.8 Å². The fraction of sp³-hybridized carbons (Fsp3) is 0.200. The highest BCUT2D eigenvalue weighted by atomic mass is 35.5. The lowest BCUT2D eigenvalue weighted by atomic mass is 10.1. The van der Waals surface area contributed by atoms with Crippen LogP contribution in [-0.4, -0.2) is 22.4 Å². The van der Waals surface area contributed by atoms with Crippen molar-refractivity contribution in [3.05, 3.63) is 51.8 Å². The minimum Gasteiger partial charge on any atom is -0.368 e. The van der Waals surface area contributed by atoms with Gasteiger partial charge in [-0.05, 0) is 17.7 Å². The Labute approximate surface area is 137 Å². The van der Waals surface area contributed by atoms with Crippen LogP contribution in [0.5, 0.6) is 0 Å². The second kappa shape index (κ2) is 5.34. The second-order valence-corrected chi connectivity index (χ2v) is 5.92. The Morgan fingerprint density at radius 2 is 1.95 bits per heavy atom. The summed E-state index contributed by atoms with van der Waals surface area (Å²) in [5.41, 5.74) is 7.36. The molecule has 2 amide bonds. The zero-order valence-corrected chi connectivity index (χ0v) is 13.2. The van der Waals surface area contributed by atoms with Crippen LogP contribution in [-0.2, 0) is 18.3 Å². The highest BCUT2D eigenvalue weighted by Gasteiger charge is 2.38. The largest absolute Gasteiger partial charge is 0.368 e. The highest BCUT2D eigenvalue weighted by molar-refractivity contribution is 6.42. The van der Waals surface area contributed by atoms with Gasteiger partial charge in [-0.1, -0.05) is 41.4 Å². The smallest absolute Gasteiger partial charge is 0.275 e. The predicted octanol–water partition coefficient (Wildman–Crippen LogP) is 2.39. The number of hydrogen-bond acceptors (Lipinski definition) is 2. The molecule has 0 saturated carbocycles. The molecule has 0 radical (unpaired) electrons. The number of amides is 2. The van der Waals surface area contributed by atoms with Gasteiger partial charge in [-0.25, -0.2) is 0 Å². The van der Waals surface area contributed by atoms with Crippen molar-refractivity contribution < 1.29 is 9.59 Å². The van der Waals surface area contributed by atoms with Gasteiger partial charge in [0.25, 0.3) is 5.91 Å². The van der Waals surface area contributed by atoms with E-state index in [0.717, 1.165) is 5.56 Å². The van der Waals surface area contributed by atoms with Gasteiger partial charge in [0, 0.05) is 19.2 Å². The quantitative estimate of drug-likeness (QED) is 0.914. The monoisotopic (exact) mass is 337 g/mol. The van der Waals surface area contributed by atoms with E-state index < -0.39 is 11.9 Å². The van der Waals surface area contributed by atoms with Crippen molar-refractivity contribution >= 4 is 40.7 Å². The number of fused-ring (bicyclic) bond motifs is 1. The van der Waals surface area contributed by atoms with Gasteiger partial charge in [-0.2, -0.15) is 0 Å². The number of anilines is 1. The first-order valence-electron chi connectivity index (χ1n) is 6.63. The fourth-order valence-corrected chi connectivity index (χ4v) is 3.11. The van der Waals surface area contributed by atoms with Crippen molar-refractivity contribution in [2.45, 2.75) is 12.5 Å². The third-order valence-electron chi connectivity index (χ3n) is 3.86. The molecule has 2 heterocycles. The van der Waals surface area contributed by atoms with Crippen LogP contribution < -0.4 is 10.6 Å². The minimum atomic E-state index is -0.711. The summed E-state index contributed by atoms with van der Waals surface area (Å²) in [5.74, 6) is -0.902. The molecule has 2 aromatic rings. The number of carbonyl (C=O) groups is 2. The lowest BCUT2D eigenvalue weighted by Gasteiger charge is -2.23. The van der Waals surface area contributed by atoms with Gasteiger partial charge in [0.1, 0.15) is 16.9 Å². The molecule has 1 aromatic carbocycles. The first kappa shape index (κ1) is 14.9. The lowest BCUT2D eigenvalue weighted by molar-refractivity contribution is -0.119. The van der Waals surface area contributed by atoms with E-state index in [4.69, 9.17) is 28.9 Å². The first-order chi connectivity index (χ1) is 10.4. The highest BCUT2D eigenvalue weighted by Crippen LogP contribution is 2.34. The maximum absolute atomic E-state index is 12.9. The molecule has 0 aliphatic carbocycles. The van der Waals surface area contributed by atoms with Crippen molar-refractivity contribution in [1.82, 2.24) is 4.57 Å². The molecule has 5 nitrogen and oxygen atoms in total. The second-order valence-electron chi connectivity index (χ2n) is 5.15. The molecule has 1 atom stereocenters. The number of nitrogens with two attached hydrogens (primary N) is 1. The van der Waals surface area contributed by atoms with E-state index in [-0.39, 0.29) is 16.1 Å². The Morgan fingerprint density at radius 3 is 2.55 bits per heavy atom. The Kier molecular flexibility index (Phi) is 3.62. The molecule has 0 unspecified atom stereocenters. The number of primary amides is 1. The van der Waals surface area contributed by atoms with Crippen molar-refractivity contribution in [3.63, 3.8) is 0 Å². The fourth-order valence-electron chi connectivity index (χ4n) is 2.74. The van der Waals surface area contributed by atoms with Gasteiger partial charge in [0.05, 0.1) is 5.02 Å². The molecule has 0 spiro atoms. The van der Waals surface area contributed by atoms with Gasteiger partial charge in [0.2, 0.25) is 5.91 Å². The SMILES string of the molecule is Cn1c(C(=O)N2c3ccccc3C[C@H]2C(N)=O)cc(Cl)c1Cl. The van der Waals surface area contributed by atoms with Crippen LogP contribution in [0, 0.1) is 0 Å². The number of carbonyl (C=O) groups excluding carboxylic acids is 2. The standard InChI is InChI=1S/C15H13Cl2N3O2/c1-19-12(7-9(16)13(19)17)15(22)20-10-5-3-2-4-8(10)6-11(20)14(18)21/h2-5,7,11H,6H2,1H3,(H2,18,21)/t11-/m0/s1. The Morgan fingerprint density at radius 1 is 1.27 bits per heavy atom. The van der Waals surface area contributed by atoms with Gasteiger partial charge in [0.15, 0.2) is 0 Å². The molecule has 0 bridgehead atoms. The van der Waals surface area contributed by atoms with E-state index in [1.807, 2.05) is 18.2 Å². The zero-order valence-electron chi connectivity index (χ0n) is 11.7. The van der Waals surface area contributed by atoms with Crippen molar-refractivity contribution in [2.24, 2.45) is 12.8 Å². The summed E-state index contributed by atoms with van der Waals surface area (Å²) in [6, 6.07) is 8.13. The first-order valence-corrected chi connectivity index (χ1v) is 7.39. The van der Waals surface area contributed by atoms with Gasteiger partial charge < -0.3 is 10.3 Å². The van der Waals surface area contributed by atoms with E-state index in [9.17, 15) is 9.59 Å². The summed E-state index contributed by atoms with van der Waals surface area (Å²) in [6.45, 7) is 0. The summed E-state index contributed by atoms with van der Waals surface area (Å²) in [7, 11) is 1.64. The van der Waals surface area contributed by atoms with Crippen LogP contribution in [0.4, 0.5) is 5.69 Å². The summed E-state index contributed by atoms with van der Waals surface area (Å²) < 4.78 is 1.49. The van der Waals surface area contributed by atoms with Gasteiger partial charge in [-0.15, -0.1) is 0 Å². The van der Waals surface area contributed by atoms with Crippen LogP contribution in [0.25, 0.3) is 0 Å². The Balaban J connectivity index is 2.09. The molecular weight excluding hydrogens is 325 g/mol. The molecule has 22 heavy (non-hydrogen) atoms. The molecule has 2 N–H and O–H groups in total.